The molecule has 3 aliphatic rings. The topological polar surface area (TPSA) is 97.0 Å². The van der Waals surface area contributed by atoms with Gasteiger partial charge in [-0.2, -0.15) is 5.10 Å². The number of hydroxylamine groups is 2. The number of nitrogens with one attached hydrogen (secondary N) is 2. The minimum absolute atomic E-state index is 0.0282. The second kappa shape index (κ2) is 12.4. The zero-order valence-corrected chi connectivity index (χ0v) is 23.0. The van der Waals surface area contributed by atoms with Crippen molar-refractivity contribution in [3.63, 3.8) is 0 Å². The van der Waals surface area contributed by atoms with E-state index < -0.39 is 12.1 Å². The summed E-state index contributed by atoms with van der Waals surface area (Å²) in [6, 6.07) is 3.96. The van der Waals surface area contributed by atoms with E-state index in [1.165, 1.54) is 6.42 Å². The van der Waals surface area contributed by atoms with E-state index in [1.54, 1.807) is 11.3 Å². The summed E-state index contributed by atoms with van der Waals surface area (Å²) in [5.41, 5.74) is 3.06. The standard InChI is InChI=1S/C28H43N7O3/c1-21-17-22(18-23-20-29-31-26(21)23)19-25(30-28(37)38-35-11-4-3-5-12-35)27(36)34-13-7-24(8-14-34)33-10-6-9-32(2)15-16-33/h17-18,20,24-25H,3-16,19H2,1-2H3,(H,29,31)(H,30,37). The first-order chi connectivity index (χ1) is 18.5. The van der Waals surface area contributed by atoms with Gasteiger partial charge in [-0.3, -0.25) is 14.8 Å². The molecular formula is C28H43N7O3. The predicted molar refractivity (Wildman–Crippen MR) is 147 cm³/mol. The van der Waals surface area contributed by atoms with Crippen molar-refractivity contribution < 1.29 is 14.4 Å². The number of carbonyl (C=O) groups excluding carboxylic acids is 2. The lowest BCUT2D eigenvalue weighted by Crippen LogP contribution is -2.54. The Balaban J connectivity index is 1.25. The largest absolute Gasteiger partial charge is 0.426 e. The molecule has 4 heterocycles. The molecule has 3 saturated heterocycles. The van der Waals surface area contributed by atoms with Crippen LogP contribution in [-0.2, 0) is 16.1 Å². The Morgan fingerprint density at radius 2 is 1.82 bits per heavy atom. The monoisotopic (exact) mass is 525 g/mol. The van der Waals surface area contributed by atoms with Crippen molar-refractivity contribution in [2.24, 2.45) is 0 Å². The van der Waals surface area contributed by atoms with Crippen LogP contribution in [0.1, 0.15) is 49.7 Å². The molecule has 1 aromatic carbocycles. The summed E-state index contributed by atoms with van der Waals surface area (Å²) in [6.45, 7) is 9.42. The normalized spacial score (nSPS) is 21.8. The number of likely N-dealkylation sites (tertiary alicyclic amines) is 1. The van der Waals surface area contributed by atoms with E-state index in [4.69, 9.17) is 4.84 Å². The van der Waals surface area contributed by atoms with Crippen LogP contribution in [0.4, 0.5) is 4.79 Å². The van der Waals surface area contributed by atoms with Crippen LogP contribution in [0.3, 0.4) is 0 Å². The number of hydrogen-bond acceptors (Lipinski definition) is 7. The molecule has 5 rings (SSSR count). The van der Waals surface area contributed by atoms with Gasteiger partial charge in [0.15, 0.2) is 0 Å². The maximum absolute atomic E-state index is 13.8. The van der Waals surface area contributed by atoms with Crippen LogP contribution >= 0.6 is 0 Å². The first kappa shape index (κ1) is 26.9. The average molecular weight is 526 g/mol. The van der Waals surface area contributed by atoms with Crippen LogP contribution in [0, 0.1) is 6.92 Å². The Kier molecular flexibility index (Phi) is 8.81. The number of amides is 2. The molecule has 0 aliphatic carbocycles. The molecule has 2 aromatic rings. The smallest absolute Gasteiger partial charge is 0.351 e. The van der Waals surface area contributed by atoms with E-state index in [9.17, 15) is 9.59 Å². The number of benzene rings is 1. The van der Waals surface area contributed by atoms with Crippen molar-refractivity contribution in [3.05, 3.63) is 29.5 Å². The Bertz CT molecular complexity index is 1090. The zero-order valence-electron chi connectivity index (χ0n) is 23.0. The maximum atomic E-state index is 13.8. The van der Waals surface area contributed by atoms with Crippen LogP contribution in [0.15, 0.2) is 18.3 Å². The summed E-state index contributed by atoms with van der Waals surface area (Å²) in [6.07, 6.45) is 7.99. The van der Waals surface area contributed by atoms with Gasteiger partial charge in [0.05, 0.1) is 11.7 Å². The van der Waals surface area contributed by atoms with Crippen molar-refractivity contribution in [2.45, 2.75) is 64.0 Å². The highest BCUT2D eigenvalue weighted by molar-refractivity contribution is 5.87. The quantitative estimate of drug-likeness (QED) is 0.598. The maximum Gasteiger partial charge on any atom is 0.426 e. The van der Waals surface area contributed by atoms with Gasteiger partial charge in [-0.15, -0.1) is 5.06 Å². The predicted octanol–water partition coefficient (Wildman–Crippen LogP) is 2.54. The van der Waals surface area contributed by atoms with E-state index >= 15 is 0 Å². The Labute approximate surface area is 225 Å². The SMILES string of the molecule is Cc1cc(CC(NC(=O)ON2CCCCC2)C(=O)N2CCC(N3CCCN(C)CC3)CC2)cc2cn[nH]c12. The molecule has 38 heavy (non-hydrogen) atoms. The van der Waals surface area contributed by atoms with E-state index in [0.717, 1.165) is 106 Å². The van der Waals surface area contributed by atoms with E-state index in [-0.39, 0.29) is 5.91 Å². The molecule has 0 radical (unpaired) electrons. The molecule has 208 valence electrons. The molecule has 10 heteroatoms. The van der Waals surface area contributed by atoms with Gasteiger partial charge in [0, 0.05) is 57.1 Å². The minimum atomic E-state index is -0.681. The Morgan fingerprint density at radius 1 is 1.03 bits per heavy atom. The molecule has 0 saturated carbocycles. The number of aromatic amines is 1. The van der Waals surface area contributed by atoms with Gasteiger partial charge in [0.25, 0.3) is 0 Å². The number of piperidine rings is 2. The summed E-state index contributed by atoms with van der Waals surface area (Å²) in [5, 5.41) is 12.8. The summed E-state index contributed by atoms with van der Waals surface area (Å²) in [7, 11) is 2.19. The lowest BCUT2D eigenvalue weighted by atomic mass is 9.98. The summed E-state index contributed by atoms with van der Waals surface area (Å²) in [4.78, 5) is 39.2. The van der Waals surface area contributed by atoms with E-state index in [0.29, 0.717) is 12.5 Å². The molecule has 2 amide bonds. The van der Waals surface area contributed by atoms with Gasteiger partial charge in [-0.1, -0.05) is 12.5 Å². The Hall–Kier alpha value is -2.69. The number of likely N-dealkylation sites (N-methyl/N-ethyl adjacent to an activating group) is 1. The van der Waals surface area contributed by atoms with Gasteiger partial charge < -0.3 is 20.0 Å². The fourth-order valence-electron chi connectivity index (χ4n) is 6.21. The van der Waals surface area contributed by atoms with Crippen LogP contribution in [0.25, 0.3) is 10.9 Å². The van der Waals surface area contributed by atoms with E-state index in [2.05, 4.69) is 38.4 Å². The van der Waals surface area contributed by atoms with Gasteiger partial charge in [0.2, 0.25) is 5.91 Å². The number of H-pyrrole nitrogens is 1. The zero-order chi connectivity index (χ0) is 26.5. The van der Waals surface area contributed by atoms with Crippen molar-refractivity contribution in [2.75, 3.05) is 59.4 Å². The number of aryl methyl sites for hydroxylation is 1. The Morgan fingerprint density at radius 3 is 2.61 bits per heavy atom. The molecule has 10 nitrogen and oxygen atoms in total. The highest BCUT2D eigenvalue weighted by Gasteiger charge is 2.32. The van der Waals surface area contributed by atoms with Crippen LogP contribution in [0.2, 0.25) is 0 Å². The minimum Gasteiger partial charge on any atom is -0.351 e. The number of aromatic nitrogens is 2. The number of fused-ring (bicyclic) bond motifs is 1. The first-order valence-electron chi connectivity index (χ1n) is 14.3. The third kappa shape index (κ3) is 6.65. The number of carbonyl (C=O) groups is 2. The van der Waals surface area contributed by atoms with Gasteiger partial charge in [0.1, 0.15) is 6.04 Å². The molecule has 3 aliphatic heterocycles. The first-order valence-corrected chi connectivity index (χ1v) is 14.3. The molecule has 3 fully saturated rings. The third-order valence-electron chi connectivity index (χ3n) is 8.41. The number of hydrogen-bond donors (Lipinski definition) is 2. The van der Waals surface area contributed by atoms with Crippen LogP contribution in [0.5, 0.6) is 0 Å². The third-order valence-corrected chi connectivity index (χ3v) is 8.41. The molecule has 1 aromatic heterocycles. The fraction of sp³-hybridized carbons (Fsp3) is 0.679. The van der Waals surface area contributed by atoms with Gasteiger partial charge >= 0.3 is 6.09 Å². The molecule has 0 spiro atoms. The number of rotatable bonds is 6. The van der Waals surface area contributed by atoms with Crippen LogP contribution < -0.4 is 5.32 Å². The van der Waals surface area contributed by atoms with E-state index in [1.807, 2.05) is 17.9 Å². The highest BCUT2D eigenvalue weighted by Crippen LogP contribution is 2.22. The van der Waals surface area contributed by atoms with Crippen molar-refractivity contribution in [3.8, 4) is 0 Å². The summed E-state index contributed by atoms with van der Waals surface area (Å²) < 4.78 is 0. The van der Waals surface area contributed by atoms with Gasteiger partial charge in [-0.05, 0) is 76.4 Å². The molecule has 2 N–H and O–H groups in total. The van der Waals surface area contributed by atoms with Crippen molar-refractivity contribution in [1.82, 2.24) is 35.3 Å². The lowest BCUT2D eigenvalue weighted by molar-refractivity contribution is -0.136. The number of nitrogens with zero attached hydrogens (tertiary/aromatic N) is 5. The molecule has 1 atom stereocenters. The molecule has 1 unspecified atom stereocenters. The second-order valence-corrected chi connectivity index (χ2v) is 11.3. The summed E-state index contributed by atoms with van der Waals surface area (Å²) in [5.74, 6) is -0.0282. The van der Waals surface area contributed by atoms with Crippen molar-refractivity contribution in [1.29, 1.82) is 0 Å². The van der Waals surface area contributed by atoms with Gasteiger partial charge in [-0.25, -0.2) is 4.79 Å². The second-order valence-electron chi connectivity index (χ2n) is 11.3. The van der Waals surface area contributed by atoms with Crippen molar-refractivity contribution >= 4 is 22.9 Å². The lowest BCUT2D eigenvalue weighted by Gasteiger charge is -2.39. The van der Waals surface area contributed by atoms with Crippen LogP contribution in [-0.4, -0.2) is 113 Å². The fourth-order valence-corrected chi connectivity index (χ4v) is 6.21. The molecular weight excluding hydrogens is 482 g/mol. The average Bonchev–Trinajstić information content (AvgIpc) is 3.29. The highest BCUT2D eigenvalue weighted by atomic mass is 16.7. The summed E-state index contributed by atoms with van der Waals surface area (Å²) >= 11 is 0. The molecule has 0 bridgehead atoms.